The number of rotatable bonds is 7. The predicted molar refractivity (Wildman–Crippen MR) is 125 cm³/mol. The van der Waals surface area contributed by atoms with Crippen LogP contribution in [-0.4, -0.2) is 56.3 Å². The molecule has 1 aromatic carbocycles. The van der Waals surface area contributed by atoms with Crippen LogP contribution in [0.4, 0.5) is 0 Å². The van der Waals surface area contributed by atoms with E-state index in [1.54, 1.807) is 0 Å². The quantitative estimate of drug-likeness (QED) is 0.347. The van der Waals surface area contributed by atoms with Gasteiger partial charge in [0.15, 0.2) is 5.96 Å². The number of guanidine groups is 1. The lowest BCUT2D eigenvalue weighted by atomic mass is 10.0. The number of furan rings is 1. The minimum atomic E-state index is 0. The fourth-order valence-corrected chi connectivity index (χ4v) is 3.51. The summed E-state index contributed by atoms with van der Waals surface area (Å²) >= 11 is 0. The van der Waals surface area contributed by atoms with Crippen molar-refractivity contribution in [1.29, 1.82) is 0 Å². The number of nitrogens with zero attached hydrogens (tertiary/aromatic N) is 2. The first-order valence-corrected chi connectivity index (χ1v) is 9.98. The normalized spacial score (nSPS) is 16.8. The molecule has 3 rings (SSSR count). The molecule has 2 N–H and O–H groups in total. The summed E-state index contributed by atoms with van der Waals surface area (Å²) < 4.78 is 11.4. The lowest BCUT2D eigenvalue weighted by molar-refractivity contribution is 0.00752. The molecule has 1 aliphatic heterocycles. The summed E-state index contributed by atoms with van der Waals surface area (Å²) in [5.74, 6) is 2.27. The van der Waals surface area contributed by atoms with Gasteiger partial charge in [0.05, 0.1) is 13.2 Å². The third-order valence-electron chi connectivity index (χ3n) is 4.98. The second kappa shape index (κ2) is 11.6. The molecule has 156 valence electrons. The van der Waals surface area contributed by atoms with E-state index >= 15 is 0 Å². The van der Waals surface area contributed by atoms with Crippen LogP contribution >= 0.6 is 24.0 Å². The number of ether oxygens (including phenoxy) is 1. The van der Waals surface area contributed by atoms with E-state index in [4.69, 9.17) is 14.1 Å². The first-order chi connectivity index (χ1) is 13.2. The van der Waals surface area contributed by atoms with Crippen molar-refractivity contribution in [2.24, 2.45) is 10.9 Å². The van der Waals surface area contributed by atoms with Crippen molar-refractivity contribution in [3.05, 3.63) is 36.1 Å². The number of aliphatic imine (C=N–C) groups is 1. The van der Waals surface area contributed by atoms with Gasteiger partial charge in [-0.15, -0.1) is 24.0 Å². The third-order valence-corrected chi connectivity index (χ3v) is 4.98. The highest BCUT2D eigenvalue weighted by Crippen LogP contribution is 2.19. The minimum Gasteiger partial charge on any atom is -0.459 e. The van der Waals surface area contributed by atoms with Gasteiger partial charge in [-0.25, -0.2) is 4.99 Å². The van der Waals surface area contributed by atoms with Crippen LogP contribution in [0.15, 0.2) is 39.7 Å². The number of halogens is 1. The Hall–Kier alpha value is -1.32. The van der Waals surface area contributed by atoms with Gasteiger partial charge >= 0.3 is 0 Å². The molecule has 1 atom stereocenters. The summed E-state index contributed by atoms with van der Waals surface area (Å²) in [6, 6.07) is 10.6. The van der Waals surface area contributed by atoms with Crippen molar-refractivity contribution in [2.75, 3.05) is 39.4 Å². The van der Waals surface area contributed by atoms with Crippen molar-refractivity contribution in [2.45, 2.75) is 33.4 Å². The third kappa shape index (κ3) is 6.35. The molecule has 1 aromatic heterocycles. The Balaban J connectivity index is 0.00000280. The number of hydrogen-bond donors (Lipinski definition) is 2. The molecule has 1 aliphatic rings. The molecule has 7 heteroatoms. The zero-order valence-electron chi connectivity index (χ0n) is 17.1. The lowest BCUT2D eigenvalue weighted by Gasteiger charge is -2.37. The number of fused-ring (bicyclic) bond motifs is 1. The van der Waals surface area contributed by atoms with Crippen molar-refractivity contribution < 1.29 is 9.15 Å². The van der Waals surface area contributed by atoms with Crippen LogP contribution in [0.1, 0.15) is 26.5 Å². The summed E-state index contributed by atoms with van der Waals surface area (Å²) in [7, 11) is 0. The summed E-state index contributed by atoms with van der Waals surface area (Å²) in [5, 5.41) is 7.97. The molecule has 0 saturated carbocycles. The maximum absolute atomic E-state index is 5.87. The van der Waals surface area contributed by atoms with Gasteiger partial charge in [0.25, 0.3) is 0 Å². The van der Waals surface area contributed by atoms with Crippen LogP contribution in [-0.2, 0) is 11.3 Å². The standard InChI is InChI=1S/C21H32N4O2.HI/c1-4-22-21(23-14-18-13-17-7-5-6-8-20(17)27-18)24-15-19(16(2)3)25-9-11-26-12-10-25;/h5-8,13,16,19H,4,9-12,14-15H2,1-3H3,(H2,22,23,24);1H. The maximum atomic E-state index is 5.87. The Kier molecular flexibility index (Phi) is 9.53. The van der Waals surface area contributed by atoms with Crippen molar-refractivity contribution >= 4 is 40.9 Å². The number of para-hydroxylation sites is 1. The number of nitrogens with one attached hydrogen (secondary N) is 2. The average Bonchev–Trinajstić information content (AvgIpc) is 3.09. The first kappa shape index (κ1) is 23.0. The van der Waals surface area contributed by atoms with E-state index in [0.29, 0.717) is 18.5 Å². The molecular formula is C21H33IN4O2. The smallest absolute Gasteiger partial charge is 0.191 e. The zero-order valence-corrected chi connectivity index (χ0v) is 19.4. The second-order valence-electron chi connectivity index (χ2n) is 7.29. The van der Waals surface area contributed by atoms with E-state index in [9.17, 15) is 0 Å². The van der Waals surface area contributed by atoms with Gasteiger partial charge < -0.3 is 19.8 Å². The van der Waals surface area contributed by atoms with Gasteiger partial charge in [0.2, 0.25) is 0 Å². The van der Waals surface area contributed by atoms with E-state index in [1.807, 2.05) is 18.2 Å². The van der Waals surface area contributed by atoms with Gasteiger partial charge in [0.1, 0.15) is 17.9 Å². The predicted octanol–water partition coefficient (Wildman–Crippen LogP) is 3.46. The van der Waals surface area contributed by atoms with E-state index in [-0.39, 0.29) is 24.0 Å². The Morgan fingerprint density at radius 1 is 1.18 bits per heavy atom. The van der Waals surface area contributed by atoms with E-state index in [1.165, 1.54) is 0 Å². The lowest BCUT2D eigenvalue weighted by Crippen LogP contribution is -2.52. The van der Waals surface area contributed by atoms with Crippen LogP contribution in [0.5, 0.6) is 0 Å². The molecule has 0 spiro atoms. The molecule has 6 nitrogen and oxygen atoms in total. The molecule has 0 amide bonds. The molecule has 0 radical (unpaired) electrons. The average molecular weight is 500 g/mol. The van der Waals surface area contributed by atoms with Gasteiger partial charge in [0, 0.05) is 37.6 Å². The number of benzene rings is 1. The van der Waals surface area contributed by atoms with Crippen LogP contribution in [0, 0.1) is 5.92 Å². The van der Waals surface area contributed by atoms with Gasteiger partial charge in [-0.2, -0.15) is 0 Å². The highest BCUT2D eigenvalue weighted by molar-refractivity contribution is 14.0. The molecule has 0 aliphatic carbocycles. The molecule has 28 heavy (non-hydrogen) atoms. The second-order valence-corrected chi connectivity index (χ2v) is 7.29. The van der Waals surface area contributed by atoms with Crippen LogP contribution < -0.4 is 10.6 Å². The van der Waals surface area contributed by atoms with Crippen LogP contribution in [0.25, 0.3) is 11.0 Å². The largest absolute Gasteiger partial charge is 0.459 e. The molecular weight excluding hydrogens is 467 g/mol. The number of hydrogen-bond acceptors (Lipinski definition) is 4. The van der Waals surface area contributed by atoms with Crippen LogP contribution in [0.2, 0.25) is 0 Å². The zero-order chi connectivity index (χ0) is 19.1. The van der Waals surface area contributed by atoms with Gasteiger partial charge in [-0.05, 0) is 25.0 Å². The summed E-state index contributed by atoms with van der Waals surface area (Å²) in [4.78, 5) is 7.23. The van der Waals surface area contributed by atoms with E-state index in [2.05, 4.69) is 48.4 Å². The summed E-state index contributed by atoms with van der Waals surface area (Å²) in [5.41, 5.74) is 0.910. The highest BCUT2D eigenvalue weighted by atomic mass is 127. The van der Waals surface area contributed by atoms with E-state index < -0.39 is 0 Å². The fourth-order valence-electron chi connectivity index (χ4n) is 3.51. The van der Waals surface area contributed by atoms with Gasteiger partial charge in [-0.3, -0.25) is 4.90 Å². The monoisotopic (exact) mass is 500 g/mol. The Bertz CT molecular complexity index is 708. The van der Waals surface area contributed by atoms with Crippen molar-refractivity contribution in [1.82, 2.24) is 15.5 Å². The topological polar surface area (TPSA) is 62.0 Å². The molecule has 2 aromatic rings. The number of morpholine rings is 1. The first-order valence-electron chi connectivity index (χ1n) is 9.98. The van der Waals surface area contributed by atoms with E-state index in [0.717, 1.165) is 62.1 Å². The molecule has 1 fully saturated rings. The molecule has 1 saturated heterocycles. The Labute approximate surface area is 185 Å². The molecule has 1 unspecified atom stereocenters. The summed E-state index contributed by atoms with van der Waals surface area (Å²) in [6.45, 7) is 12.5. The van der Waals surface area contributed by atoms with Crippen molar-refractivity contribution in [3.8, 4) is 0 Å². The van der Waals surface area contributed by atoms with Crippen molar-refractivity contribution in [3.63, 3.8) is 0 Å². The molecule has 0 bridgehead atoms. The minimum absolute atomic E-state index is 0. The molecule has 2 heterocycles. The fraction of sp³-hybridized carbons (Fsp3) is 0.571. The van der Waals surface area contributed by atoms with Gasteiger partial charge in [-0.1, -0.05) is 32.0 Å². The SMILES string of the molecule is CCNC(=NCc1cc2ccccc2o1)NCC(C(C)C)N1CCOCC1.I. The summed E-state index contributed by atoms with van der Waals surface area (Å²) in [6.07, 6.45) is 0. The highest BCUT2D eigenvalue weighted by Gasteiger charge is 2.23. The van der Waals surface area contributed by atoms with Crippen LogP contribution in [0.3, 0.4) is 0 Å². The Morgan fingerprint density at radius 3 is 2.61 bits per heavy atom. The Morgan fingerprint density at radius 2 is 1.93 bits per heavy atom. The maximum Gasteiger partial charge on any atom is 0.191 e.